The Kier molecular flexibility index (Phi) is 2.99. The minimum absolute atomic E-state index is 0.476. The molecule has 0 saturated heterocycles. The molecule has 0 atom stereocenters. The van der Waals surface area contributed by atoms with Crippen LogP contribution in [0.5, 0.6) is 0 Å². The first-order valence-corrected chi connectivity index (χ1v) is 4.19. The molecule has 0 fully saturated rings. The number of aromatic nitrogens is 1. The lowest BCUT2D eigenvalue weighted by Crippen LogP contribution is -2.36. The van der Waals surface area contributed by atoms with Gasteiger partial charge in [-0.1, -0.05) is 6.07 Å². The Hall–Kier alpha value is -1.40. The topological polar surface area (TPSA) is 48.7 Å². The Morgan fingerprint density at radius 3 is 2.92 bits per heavy atom. The maximum Gasteiger partial charge on any atom is 0.101 e. The first-order valence-electron chi connectivity index (χ1n) is 4.19. The van der Waals surface area contributed by atoms with E-state index in [4.69, 9.17) is 5.26 Å². The molecule has 0 aliphatic heterocycles. The summed E-state index contributed by atoms with van der Waals surface area (Å²) in [5, 5.41) is 11.9. The molecular weight excluding hydrogens is 162 g/mol. The summed E-state index contributed by atoms with van der Waals surface area (Å²) in [4.78, 5) is 3.99. The van der Waals surface area contributed by atoms with Crippen molar-refractivity contribution in [3.8, 4) is 6.07 Å². The summed E-state index contributed by atoms with van der Waals surface area (Å²) >= 11 is 0. The quantitative estimate of drug-likeness (QED) is 0.756. The number of nitriles is 1. The van der Waals surface area contributed by atoms with E-state index in [1.54, 1.807) is 12.4 Å². The molecule has 1 N–H and O–H groups in total. The first kappa shape index (κ1) is 9.69. The number of hydrogen-bond acceptors (Lipinski definition) is 3. The van der Waals surface area contributed by atoms with Gasteiger partial charge in [0.25, 0.3) is 0 Å². The molecule has 0 saturated carbocycles. The lowest BCUT2D eigenvalue weighted by atomic mass is 10.1. The lowest BCUT2D eigenvalue weighted by Gasteiger charge is -2.16. The number of hydrogen-bond donors (Lipinski definition) is 1. The number of pyridine rings is 1. The van der Waals surface area contributed by atoms with Crippen LogP contribution < -0.4 is 5.32 Å². The maximum absolute atomic E-state index is 8.74. The predicted octanol–water partition coefficient (Wildman–Crippen LogP) is 1.47. The smallest absolute Gasteiger partial charge is 0.101 e. The number of nitrogens with one attached hydrogen (secondary N) is 1. The molecule has 0 aliphatic rings. The van der Waals surface area contributed by atoms with Crippen LogP contribution in [0.2, 0.25) is 0 Å². The third-order valence-corrected chi connectivity index (χ3v) is 1.74. The van der Waals surface area contributed by atoms with E-state index in [0.717, 1.165) is 5.56 Å². The molecule has 0 aromatic carbocycles. The zero-order chi connectivity index (χ0) is 9.73. The van der Waals surface area contributed by atoms with Crippen molar-refractivity contribution in [2.45, 2.75) is 25.9 Å². The van der Waals surface area contributed by atoms with Gasteiger partial charge in [-0.2, -0.15) is 5.26 Å². The average molecular weight is 175 g/mol. The fourth-order valence-corrected chi connectivity index (χ4v) is 0.865. The van der Waals surface area contributed by atoms with Crippen molar-refractivity contribution in [3.63, 3.8) is 0 Å². The third-order valence-electron chi connectivity index (χ3n) is 1.74. The van der Waals surface area contributed by atoms with E-state index in [0.29, 0.717) is 6.54 Å². The van der Waals surface area contributed by atoms with E-state index in [1.807, 2.05) is 26.0 Å². The summed E-state index contributed by atoms with van der Waals surface area (Å²) in [7, 11) is 0. The van der Waals surface area contributed by atoms with Crippen LogP contribution in [0.25, 0.3) is 0 Å². The molecule has 3 heteroatoms. The van der Waals surface area contributed by atoms with Gasteiger partial charge in [-0.05, 0) is 25.5 Å². The fourth-order valence-electron chi connectivity index (χ4n) is 0.865. The number of rotatable bonds is 3. The summed E-state index contributed by atoms with van der Waals surface area (Å²) in [5.74, 6) is 0. The van der Waals surface area contributed by atoms with Crippen LogP contribution in [-0.2, 0) is 6.54 Å². The molecule has 68 valence electrons. The molecule has 1 aromatic rings. The summed E-state index contributed by atoms with van der Waals surface area (Å²) in [5.41, 5.74) is 0.612. The summed E-state index contributed by atoms with van der Waals surface area (Å²) in [6.45, 7) is 4.38. The van der Waals surface area contributed by atoms with E-state index < -0.39 is 5.54 Å². The Morgan fingerprint density at radius 1 is 1.62 bits per heavy atom. The van der Waals surface area contributed by atoms with Crippen LogP contribution in [0.1, 0.15) is 19.4 Å². The highest BCUT2D eigenvalue weighted by Gasteiger charge is 2.14. The average Bonchev–Trinajstić information content (AvgIpc) is 2.17. The summed E-state index contributed by atoms with van der Waals surface area (Å²) in [6.07, 6.45) is 3.53. The second-order valence-electron chi connectivity index (χ2n) is 3.45. The minimum Gasteiger partial charge on any atom is -0.296 e. The summed E-state index contributed by atoms with van der Waals surface area (Å²) in [6, 6.07) is 6.04. The third kappa shape index (κ3) is 3.22. The molecule has 1 heterocycles. The molecule has 0 spiro atoms. The van der Waals surface area contributed by atoms with Crippen LogP contribution in [0.3, 0.4) is 0 Å². The van der Waals surface area contributed by atoms with E-state index in [1.165, 1.54) is 0 Å². The van der Waals surface area contributed by atoms with Crippen molar-refractivity contribution in [1.29, 1.82) is 5.26 Å². The second-order valence-corrected chi connectivity index (χ2v) is 3.45. The van der Waals surface area contributed by atoms with Gasteiger partial charge in [0.05, 0.1) is 6.07 Å². The Bertz CT molecular complexity index is 298. The molecule has 0 bridgehead atoms. The van der Waals surface area contributed by atoms with E-state index in [-0.39, 0.29) is 0 Å². The normalized spacial score (nSPS) is 10.8. The van der Waals surface area contributed by atoms with E-state index in [9.17, 15) is 0 Å². The standard InChI is InChI=1S/C10H13N3/c1-10(2,8-11)13-7-9-4-3-5-12-6-9/h3-6,13H,7H2,1-2H3. The molecule has 1 aromatic heterocycles. The molecule has 0 amide bonds. The van der Waals surface area contributed by atoms with Crippen molar-refractivity contribution in [2.75, 3.05) is 0 Å². The van der Waals surface area contributed by atoms with Crippen LogP contribution >= 0.6 is 0 Å². The van der Waals surface area contributed by atoms with Gasteiger partial charge < -0.3 is 0 Å². The highest BCUT2D eigenvalue weighted by molar-refractivity contribution is 5.10. The van der Waals surface area contributed by atoms with Gasteiger partial charge in [-0.3, -0.25) is 10.3 Å². The molecule has 0 radical (unpaired) electrons. The zero-order valence-corrected chi connectivity index (χ0v) is 7.91. The highest BCUT2D eigenvalue weighted by atomic mass is 14.9. The fraction of sp³-hybridized carbons (Fsp3) is 0.400. The van der Waals surface area contributed by atoms with Gasteiger partial charge in [0.2, 0.25) is 0 Å². The van der Waals surface area contributed by atoms with Gasteiger partial charge in [0, 0.05) is 18.9 Å². The van der Waals surface area contributed by atoms with E-state index in [2.05, 4.69) is 16.4 Å². The van der Waals surface area contributed by atoms with E-state index >= 15 is 0 Å². The largest absolute Gasteiger partial charge is 0.296 e. The second kappa shape index (κ2) is 4.01. The molecule has 0 aliphatic carbocycles. The van der Waals surface area contributed by atoms with Gasteiger partial charge in [0.1, 0.15) is 5.54 Å². The maximum atomic E-state index is 8.74. The van der Waals surface area contributed by atoms with Crippen molar-refractivity contribution < 1.29 is 0 Å². The van der Waals surface area contributed by atoms with Crippen LogP contribution in [0, 0.1) is 11.3 Å². The van der Waals surface area contributed by atoms with Crippen LogP contribution in [0.15, 0.2) is 24.5 Å². The Labute approximate surface area is 78.4 Å². The van der Waals surface area contributed by atoms with Gasteiger partial charge in [0.15, 0.2) is 0 Å². The van der Waals surface area contributed by atoms with Crippen LogP contribution in [0.4, 0.5) is 0 Å². The zero-order valence-electron chi connectivity index (χ0n) is 7.91. The van der Waals surface area contributed by atoms with Crippen molar-refractivity contribution >= 4 is 0 Å². The Balaban J connectivity index is 2.50. The molecule has 1 rings (SSSR count). The molecule has 3 nitrogen and oxygen atoms in total. The SMILES string of the molecule is CC(C)(C#N)NCc1cccnc1. The molecule has 13 heavy (non-hydrogen) atoms. The van der Waals surface area contributed by atoms with Crippen molar-refractivity contribution in [2.24, 2.45) is 0 Å². The first-order chi connectivity index (χ1) is 6.14. The van der Waals surface area contributed by atoms with Crippen molar-refractivity contribution in [1.82, 2.24) is 10.3 Å². The molecular formula is C10H13N3. The van der Waals surface area contributed by atoms with Gasteiger partial charge >= 0.3 is 0 Å². The summed E-state index contributed by atoms with van der Waals surface area (Å²) < 4.78 is 0. The van der Waals surface area contributed by atoms with Crippen LogP contribution in [-0.4, -0.2) is 10.5 Å². The Morgan fingerprint density at radius 2 is 2.38 bits per heavy atom. The van der Waals surface area contributed by atoms with Gasteiger partial charge in [-0.25, -0.2) is 0 Å². The number of nitrogens with zero attached hydrogens (tertiary/aromatic N) is 2. The minimum atomic E-state index is -0.476. The van der Waals surface area contributed by atoms with Crippen molar-refractivity contribution in [3.05, 3.63) is 30.1 Å². The highest BCUT2D eigenvalue weighted by Crippen LogP contribution is 2.02. The lowest BCUT2D eigenvalue weighted by molar-refractivity contribution is 0.485. The predicted molar refractivity (Wildman–Crippen MR) is 50.8 cm³/mol. The molecule has 0 unspecified atom stereocenters. The van der Waals surface area contributed by atoms with Gasteiger partial charge in [-0.15, -0.1) is 0 Å². The monoisotopic (exact) mass is 175 g/mol.